The van der Waals surface area contributed by atoms with Crippen molar-refractivity contribution in [3.8, 4) is 0 Å². The van der Waals surface area contributed by atoms with Gasteiger partial charge in [-0.05, 0) is 17.7 Å². The van der Waals surface area contributed by atoms with Gasteiger partial charge in [0.15, 0.2) is 0 Å². The van der Waals surface area contributed by atoms with Crippen LogP contribution in [0.1, 0.15) is 10.8 Å². The minimum atomic E-state index is -1.09. The number of carboxylic acid groups (broad SMARTS) is 1. The van der Waals surface area contributed by atoms with Crippen LogP contribution in [0.15, 0.2) is 24.3 Å². The molecule has 6 heteroatoms. The van der Waals surface area contributed by atoms with Crippen LogP contribution in [-0.4, -0.2) is 23.5 Å². The molecule has 4 nitrogen and oxygen atoms in total. The number of carbonyl (C=O) groups is 2. The van der Waals surface area contributed by atoms with Crippen LogP contribution in [0.25, 0.3) is 0 Å². The second-order valence-corrected chi connectivity index (χ2v) is 4.02. The van der Waals surface area contributed by atoms with E-state index < -0.39 is 23.7 Å². The highest BCUT2D eigenvalue weighted by Crippen LogP contribution is 2.21. The summed E-state index contributed by atoms with van der Waals surface area (Å²) in [4.78, 5) is 21.7. The molecule has 1 atom stereocenters. The van der Waals surface area contributed by atoms with Gasteiger partial charge in [0, 0.05) is 5.02 Å². The summed E-state index contributed by atoms with van der Waals surface area (Å²) in [7, 11) is 0. The Bertz CT molecular complexity index is 394. The summed E-state index contributed by atoms with van der Waals surface area (Å²) in [5, 5.41) is 10.5. The van der Waals surface area contributed by atoms with Crippen molar-refractivity contribution in [1.82, 2.24) is 5.32 Å². The Hall–Kier alpha value is -1.20. The number of thiol groups is 1. The van der Waals surface area contributed by atoms with Crippen molar-refractivity contribution in [3.63, 3.8) is 0 Å². The number of aliphatic carboxylic acids is 1. The zero-order chi connectivity index (χ0) is 12.1. The van der Waals surface area contributed by atoms with Crippen molar-refractivity contribution >= 4 is 36.1 Å². The summed E-state index contributed by atoms with van der Waals surface area (Å²) in [6.45, 7) is -0.413. The number of hydrogen-bond donors (Lipinski definition) is 3. The van der Waals surface area contributed by atoms with Gasteiger partial charge < -0.3 is 10.4 Å². The van der Waals surface area contributed by atoms with Crippen molar-refractivity contribution in [1.29, 1.82) is 0 Å². The van der Waals surface area contributed by atoms with E-state index in [9.17, 15) is 9.59 Å². The number of halogens is 1. The molecular weight excluding hydrogens is 250 g/mol. The average molecular weight is 260 g/mol. The summed E-state index contributed by atoms with van der Waals surface area (Å²) < 4.78 is 0. The number of rotatable bonds is 4. The Labute approximate surface area is 103 Å². The van der Waals surface area contributed by atoms with E-state index in [2.05, 4.69) is 17.9 Å². The monoisotopic (exact) mass is 259 g/mol. The predicted octanol–water partition coefficient (Wildman–Crippen LogP) is 1.51. The van der Waals surface area contributed by atoms with E-state index in [4.69, 9.17) is 16.7 Å². The number of hydrogen-bond acceptors (Lipinski definition) is 3. The smallest absolute Gasteiger partial charge is 0.322 e. The normalized spacial score (nSPS) is 11.9. The third-order valence-electron chi connectivity index (χ3n) is 1.85. The zero-order valence-electron chi connectivity index (χ0n) is 8.18. The molecular formula is C10H10ClNO3S. The van der Waals surface area contributed by atoms with E-state index in [0.717, 1.165) is 0 Å². The van der Waals surface area contributed by atoms with E-state index in [1.807, 2.05) is 0 Å². The van der Waals surface area contributed by atoms with E-state index in [-0.39, 0.29) is 0 Å². The Morgan fingerprint density at radius 1 is 1.38 bits per heavy atom. The molecule has 0 aliphatic carbocycles. The van der Waals surface area contributed by atoms with Gasteiger partial charge in [-0.15, -0.1) is 0 Å². The molecule has 0 radical (unpaired) electrons. The number of benzene rings is 1. The van der Waals surface area contributed by atoms with Crippen LogP contribution in [0.4, 0.5) is 0 Å². The molecule has 1 amide bonds. The predicted molar refractivity (Wildman–Crippen MR) is 63.8 cm³/mol. The lowest BCUT2D eigenvalue weighted by molar-refractivity contribution is -0.137. The van der Waals surface area contributed by atoms with Crippen LogP contribution in [0.5, 0.6) is 0 Å². The lowest BCUT2D eigenvalue weighted by Gasteiger charge is -2.10. The second-order valence-electron chi connectivity index (χ2n) is 3.07. The van der Waals surface area contributed by atoms with Gasteiger partial charge >= 0.3 is 5.97 Å². The lowest BCUT2D eigenvalue weighted by atomic mass is 10.1. The van der Waals surface area contributed by atoms with Gasteiger partial charge in [0.25, 0.3) is 0 Å². The zero-order valence-corrected chi connectivity index (χ0v) is 9.83. The molecule has 16 heavy (non-hydrogen) atoms. The first kappa shape index (κ1) is 12.9. The maximum absolute atomic E-state index is 11.4. The SMILES string of the molecule is O=C(O)CNC(=O)C(S)c1ccc(Cl)cc1. The lowest BCUT2D eigenvalue weighted by Crippen LogP contribution is -2.31. The fourth-order valence-corrected chi connectivity index (χ4v) is 1.45. The first-order valence-electron chi connectivity index (χ1n) is 4.43. The van der Waals surface area contributed by atoms with Crippen molar-refractivity contribution in [2.24, 2.45) is 0 Å². The standard InChI is InChI=1S/C10H10ClNO3S/c11-7-3-1-6(2-4-7)9(16)10(15)12-5-8(13)14/h1-4,9,16H,5H2,(H,12,15)(H,13,14). The van der Waals surface area contributed by atoms with Crippen LogP contribution < -0.4 is 5.32 Å². The first-order chi connectivity index (χ1) is 7.50. The molecule has 1 unspecified atom stereocenters. The molecule has 0 aromatic heterocycles. The molecule has 0 aliphatic heterocycles. The van der Waals surface area contributed by atoms with Crippen LogP contribution in [0.2, 0.25) is 5.02 Å². The highest BCUT2D eigenvalue weighted by Gasteiger charge is 2.16. The highest BCUT2D eigenvalue weighted by molar-refractivity contribution is 7.81. The highest BCUT2D eigenvalue weighted by atomic mass is 35.5. The molecule has 1 aromatic carbocycles. The van der Waals surface area contributed by atoms with Gasteiger partial charge in [0.05, 0.1) is 0 Å². The molecule has 0 heterocycles. The van der Waals surface area contributed by atoms with Gasteiger partial charge in [-0.3, -0.25) is 9.59 Å². The maximum atomic E-state index is 11.4. The number of carbonyl (C=O) groups excluding carboxylic acids is 1. The summed E-state index contributed by atoms with van der Waals surface area (Å²) in [5.74, 6) is -1.54. The molecule has 0 saturated heterocycles. The van der Waals surface area contributed by atoms with Gasteiger partial charge in [0.2, 0.25) is 5.91 Å². The largest absolute Gasteiger partial charge is 0.480 e. The quantitative estimate of drug-likeness (QED) is 0.718. The molecule has 1 aromatic rings. The summed E-state index contributed by atoms with van der Waals surface area (Å²) >= 11 is 9.80. The summed E-state index contributed by atoms with van der Waals surface area (Å²) in [6.07, 6.45) is 0. The van der Waals surface area contributed by atoms with E-state index in [1.165, 1.54) is 0 Å². The molecule has 0 fully saturated rings. The number of amides is 1. The van der Waals surface area contributed by atoms with Gasteiger partial charge in [-0.1, -0.05) is 23.7 Å². The number of nitrogens with one attached hydrogen (secondary N) is 1. The number of carboxylic acids is 1. The van der Waals surface area contributed by atoms with Crippen molar-refractivity contribution in [2.45, 2.75) is 5.25 Å². The van der Waals surface area contributed by atoms with Crippen LogP contribution >= 0.6 is 24.2 Å². The Morgan fingerprint density at radius 3 is 2.44 bits per heavy atom. The third-order valence-corrected chi connectivity index (χ3v) is 2.63. The summed E-state index contributed by atoms with van der Waals surface area (Å²) in [5.41, 5.74) is 0.663. The van der Waals surface area contributed by atoms with Crippen LogP contribution in [0.3, 0.4) is 0 Å². The molecule has 0 spiro atoms. The van der Waals surface area contributed by atoms with Crippen molar-refractivity contribution < 1.29 is 14.7 Å². The van der Waals surface area contributed by atoms with Gasteiger partial charge in [-0.2, -0.15) is 12.6 Å². The Kier molecular flexibility index (Phi) is 4.64. The maximum Gasteiger partial charge on any atom is 0.322 e. The fraction of sp³-hybridized carbons (Fsp3) is 0.200. The molecule has 2 N–H and O–H groups in total. The Morgan fingerprint density at radius 2 is 1.94 bits per heavy atom. The molecule has 1 rings (SSSR count). The third kappa shape index (κ3) is 3.75. The second kappa shape index (κ2) is 5.77. The molecule has 0 bridgehead atoms. The topological polar surface area (TPSA) is 66.4 Å². The van der Waals surface area contributed by atoms with Crippen LogP contribution in [0, 0.1) is 0 Å². The first-order valence-corrected chi connectivity index (χ1v) is 5.33. The molecule has 0 saturated carbocycles. The minimum Gasteiger partial charge on any atom is -0.480 e. The van der Waals surface area contributed by atoms with E-state index in [1.54, 1.807) is 24.3 Å². The Balaban J connectivity index is 2.63. The molecule has 0 aliphatic rings. The van der Waals surface area contributed by atoms with E-state index >= 15 is 0 Å². The average Bonchev–Trinajstić information content (AvgIpc) is 2.26. The fourth-order valence-electron chi connectivity index (χ4n) is 1.06. The van der Waals surface area contributed by atoms with Gasteiger partial charge in [-0.25, -0.2) is 0 Å². The van der Waals surface area contributed by atoms with Crippen LogP contribution in [-0.2, 0) is 9.59 Å². The van der Waals surface area contributed by atoms with E-state index in [0.29, 0.717) is 10.6 Å². The van der Waals surface area contributed by atoms with Gasteiger partial charge in [0.1, 0.15) is 11.8 Å². The minimum absolute atomic E-state index is 0.413. The molecule has 86 valence electrons. The van der Waals surface area contributed by atoms with Crippen molar-refractivity contribution in [2.75, 3.05) is 6.54 Å². The van der Waals surface area contributed by atoms with Crippen molar-refractivity contribution in [3.05, 3.63) is 34.9 Å². The summed E-state index contributed by atoms with van der Waals surface area (Å²) in [6, 6.07) is 6.62.